The summed E-state index contributed by atoms with van der Waals surface area (Å²) < 4.78 is 68.4. The van der Waals surface area contributed by atoms with Crippen molar-refractivity contribution in [3.63, 3.8) is 0 Å². The van der Waals surface area contributed by atoms with Crippen LogP contribution in [0.3, 0.4) is 0 Å². The van der Waals surface area contributed by atoms with Crippen LogP contribution in [0.2, 0.25) is 0 Å². The molecule has 0 fully saturated rings. The van der Waals surface area contributed by atoms with E-state index in [1.165, 1.54) is 70.6 Å². The van der Waals surface area contributed by atoms with Gasteiger partial charge in [0.15, 0.2) is 12.2 Å². The van der Waals surface area contributed by atoms with Crippen molar-refractivity contribution in [3.8, 4) is 0 Å². The highest BCUT2D eigenvalue weighted by atomic mass is 31.2. The van der Waals surface area contributed by atoms with Gasteiger partial charge in [0.1, 0.15) is 19.3 Å². The minimum Gasteiger partial charge on any atom is -0.462 e. The van der Waals surface area contributed by atoms with Gasteiger partial charge in [-0.2, -0.15) is 0 Å². The van der Waals surface area contributed by atoms with Gasteiger partial charge in [0.2, 0.25) is 0 Å². The minimum absolute atomic E-state index is 0.0222. The Bertz CT molecular complexity index is 2510. The van der Waals surface area contributed by atoms with E-state index in [1.54, 1.807) is 0 Å². The van der Waals surface area contributed by atoms with Crippen LogP contribution >= 0.6 is 15.6 Å². The first-order chi connectivity index (χ1) is 49.7. The Hall–Kier alpha value is -5.06. The summed E-state index contributed by atoms with van der Waals surface area (Å²) in [6.45, 7) is 4.43. The van der Waals surface area contributed by atoms with Crippen LogP contribution in [0.1, 0.15) is 297 Å². The zero-order chi connectivity index (χ0) is 74.6. The molecule has 3 N–H and O–H groups in total. The zero-order valence-electron chi connectivity index (χ0n) is 63.5. The van der Waals surface area contributed by atoms with Gasteiger partial charge in [-0.3, -0.25) is 37.3 Å². The Morgan fingerprint density at radius 1 is 0.284 bits per heavy atom. The van der Waals surface area contributed by atoms with Gasteiger partial charge >= 0.3 is 39.5 Å². The number of ether oxygens (including phenoxy) is 4. The molecule has 0 saturated carbocycles. The smallest absolute Gasteiger partial charge is 0.462 e. The number of carbonyl (C=O) groups excluding carboxylic acids is 4. The van der Waals surface area contributed by atoms with Crippen molar-refractivity contribution in [2.75, 3.05) is 39.6 Å². The van der Waals surface area contributed by atoms with Crippen LogP contribution in [0, 0.1) is 0 Å². The predicted molar refractivity (Wildman–Crippen MR) is 417 cm³/mol. The minimum atomic E-state index is -5.01. The van der Waals surface area contributed by atoms with E-state index in [0.29, 0.717) is 38.5 Å². The Kier molecular flexibility index (Phi) is 70.5. The second kappa shape index (κ2) is 74.2. The summed E-state index contributed by atoms with van der Waals surface area (Å²) in [7, 11) is -10.00. The van der Waals surface area contributed by atoms with E-state index < -0.39 is 97.5 Å². The van der Waals surface area contributed by atoms with Crippen molar-refractivity contribution >= 4 is 39.5 Å². The molecule has 0 rings (SSSR count). The third-order valence-corrected chi connectivity index (χ3v) is 17.7. The topological polar surface area (TPSA) is 237 Å². The van der Waals surface area contributed by atoms with Crippen LogP contribution in [0.4, 0.5) is 0 Å². The SMILES string of the molecule is CC/C=C\C/C=C\C/C=C\C/C=C\C/C=C\C/C=C\CCC(=O)OCC(COP(=O)(O)OCC(O)COP(=O)(O)OCC(COC(=O)CCCCCCCCCCCCCCCCC)OC(=O)CCCCCCC/C=C\C/C=C\CCC)OC(=O)CCCC/C=C\C/C=C\C/C=C\C/C=C\CC. The molecule has 582 valence electrons. The van der Waals surface area contributed by atoms with Crippen LogP contribution in [0.15, 0.2) is 146 Å². The summed E-state index contributed by atoms with van der Waals surface area (Å²) in [4.78, 5) is 72.9. The molecule has 0 aliphatic heterocycles. The third kappa shape index (κ3) is 73.3. The molecule has 5 atom stereocenters. The van der Waals surface area contributed by atoms with Crippen molar-refractivity contribution < 1.29 is 80.2 Å². The van der Waals surface area contributed by atoms with Crippen LogP contribution in [-0.2, 0) is 65.4 Å². The quantitative estimate of drug-likeness (QED) is 0.0169. The number of carbonyl (C=O) groups is 4. The molecule has 0 radical (unpaired) electrons. The van der Waals surface area contributed by atoms with Crippen LogP contribution in [0.5, 0.6) is 0 Å². The van der Waals surface area contributed by atoms with E-state index in [9.17, 15) is 43.2 Å². The molecule has 5 unspecified atom stereocenters. The largest absolute Gasteiger partial charge is 0.472 e. The normalized spacial score (nSPS) is 14.7. The first-order valence-electron chi connectivity index (χ1n) is 39.1. The first kappa shape index (κ1) is 96.9. The number of aliphatic hydroxyl groups is 1. The highest BCUT2D eigenvalue weighted by molar-refractivity contribution is 7.47. The molecule has 19 heteroatoms. The summed E-state index contributed by atoms with van der Waals surface area (Å²) in [6, 6.07) is 0. The summed E-state index contributed by atoms with van der Waals surface area (Å²) >= 11 is 0. The Morgan fingerprint density at radius 3 is 0.902 bits per heavy atom. The molecule has 0 amide bonds. The molecule has 0 aliphatic rings. The van der Waals surface area contributed by atoms with Gasteiger partial charge < -0.3 is 33.8 Å². The molecule has 0 aromatic carbocycles. The second-order valence-corrected chi connectivity index (χ2v) is 28.4. The lowest BCUT2D eigenvalue weighted by atomic mass is 10.0. The van der Waals surface area contributed by atoms with Crippen molar-refractivity contribution in [2.45, 2.75) is 316 Å². The summed E-state index contributed by atoms with van der Waals surface area (Å²) in [5.41, 5.74) is 0. The fraction of sp³-hybridized carbons (Fsp3) is 0.663. The van der Waals surface area contributed by atoms with E-state index in [-0.39, 0.29) is 25.7 Å². The van der Waals surface area contributed by atoms with Crippen LogP contribution in [-0.4, -0.2) is 96.7 Å². The molecular formula is C83H138O17P2. The van der Waals surface area contributed by atoms with Gasteiger partial charge in [0, 0.05) is 25.7 Å². The molecule has 0 aromatic heterocycles. The maximum absolute atomic E-state index is 13.1. The van der Waals surface area contributed by atoms with Gasteiger partial charge in [0.05, 0.1) is 26.4 Å². The highest BCUT2D eigenvalue weighted by Gasteiger charge is 2.30. The fourth-order valence-corrected chi connectivity index (χ4v) is 11.5. The molecule has 17 nitrogen and oxygen atoms in total. The van der Waals surface area contributed by atoms with Gasteiger partial charge in [0.25, 0.3) is 0 Å². The molecule has 0 aromatic rings. The van der Waals surface area contributed by atoms with Gasteiger partial charge in [-0.05, 0) is 128 Å². The average Bonchev–Trinajstić information content (AvgIpc) is 0.924. The lowest BCUT2D eigenvalue weighted by Gasteiger charge is -2.21. The van der Waals surface area contributed by atoms with Gasteiger partial charge in [-0.25, -0.2) is 9.13 Å². The van der Waals surface area contributed by atoms with Gasteiger partial charge in [-0.1, -0.05) is 289 Å². The number of hydrogen-bond acceptors (Lipinski definition) is 15. The molecule has 0 bridgehead atoms. The number of rotatable bonds is 72. The number of phosphoric acid groups is 2. The maximum atomic E-state index is 13.1. The lowest BCUT2D eigenvalue weighted by molar-refractivity contribution is -0.161. The molecule has 0 spiro atoms. The Labute approximate surface area is 617 Å². The zero-order valence-corrected chi connectivity index (χ0v) is 65.3. The fourth-order valence-electron chi connectivity index (χ4n) is 9.92. The number of aliphatic hydroxyl groups excluding tert-OH is 1. The molecular weight excluding hydrogens is 1330 g/mol. The van der Waals surface area contributed by atoms with Crippen LogP contribution in [0.25, 0.3) is 0 Å². The number of unbranched alkanes of at least 4 members (excludes halogenated alkanes) is 22. The number of esters is 4. The highest BCUT2D eigenvalue weighted by Crippen LogP contribution is 2.45. The van der Waals surface area contributed by atoms with Crippen LogP contribution < -0.4 is 0 Å². The second-order valence-electron chi connectivity index (χ2n) is 25.5. The van der Waals surface area contributed by atoms with E-state index in [1.807, 2.05) is 18.2 Å². The summed E-state index contributed by atoms with van der Waals surface area (Å²) in [5, 5.41) is 10.6. The number of phosphoric ester groups is 2. The predicted octanol–water partition coefficient (Wildman–Crippen LogP) is 22.7. The van der Waals surface area contributed by atoms with Gasteiger partial charge in [-0.15, -0.1) is 0 Å². The Morgan fingerprint density at radius 2 is 0.549 bits per heavy atom. The van der Waals surface area contributed by atoms with Crippen molar-refractivity contribution in [1.82, 2.24) is 0 Å². The van der Waals surface area contributed by atoms with Crippen molar-refractivity contribution in [1.29, 1.82) is 0 Å². The monoisotopic (exact) mass is 1470 g/mol. The molecule has 0 aliphatic carbocycles. The molecule has 102 heavy (non-hydrogen) atoms. The third-order valence-electron chi connectivity index (χ3n) is 15.8. The maximum Gasteiger partial charge on any atom is 0.472 e. The Balaban J connectivity index is 5.45. The van der Waals surface area contributed by atoms with E-state index in [2.05, 4.69) is 155 Å². The van der Waals surface area contributed by atoms with Crippen molar-refractivity contribution in [3.05, 3.63) is 146 Å². The average molecular weight is 1470 g/mol. The summed E-state index contributed by atoms with van der Waals surface area (Å²) in [5.74, 6) is -2.34. The van der Waals surface area contributed by atoms with E-state index >= 15 is 0 Å². The van der Waals surface area contributed by atoms with Crippen molar-refractivity contribution in [2.24, 2.45) is 0 Å². The standard InChI is InChI=1S/C83H138O17P2/c1-5-9-13-17-21-25-29-33-36-37-38-39-42-45-48-52-56-60-64-68-81(86)94-74-79(100-83(88)70-66-62-58-54-50-46-41-35-31-27-23-19-15-11-7-3)76-98-102(91,92)96-72-77(84)71-95-101(89,90)97-75-78(99-82(87)69-65-61-57-53-49-43-32-28-24-20-16-12-8-4)73-93-80(85)67-63-59-55-51-47-44-40-34-30-26-22-18-14-10-6-2/h9,11,13,15-16,20-21,23,25,27-28,32-33,35-36,38-39,41,45,48,50,54,56,60,77-79,84H,5-8,10,12,14,17-19,22,24,26,29-31,34,37,40,42-44,46-47,49,51-53,55,57-59,61-76H2,1-4H3,(H,89,90)(H,91,92)/b13-9-,15-11-,20-16-,25-21-,27-23-,32-28-,36-33-,39-38-,41-35-,48-45-,54-50-,60-56-. The first-order valence-corrected chi connectivity index (χ1v) is 42.1. The molecule has 0 heterocycles. The number of hydrogen-bond donors (Lipinski definition) is 3. The summed E-state index contributed by atoms with van der Waals surface area (Å²) in [6.07, 6.45) is 84.3. The lowest BCUT2D eigenvalue weighted by Crippen LogP contribution is -2.30. The molecule has 0 saturated heterocycles. The number of allylic oxidation sites excluding steroid dienone is 24. The van der Waals surface area contributed by atoms with E-state index in [0.717, 1.165) is 135 Å². The van der Waals surface area contributed by atoms with E-state index in [4.69, 9.17) is 37.0 Å².